The zero-order chi connectivity index (χ0) is 28.6. The Morgan fingerprint density at radius 1 is 1.15 bits per heavy atom. The van der Waals surface area contributed by atoms with Crippen molar-refractivity contribution < 1.29 is 17.9 Å². The summed E-state index contributed by atoms with van der Waals surface area (Å²) in [5.41, 5.74) is 9.14. The van der Waals surface area contributed by atoms with Crippen LogP contribution in [0.4, 0.5) is 0 Å². The lowest BCUT2D eigenvalue weighted by Gasteiger charge is -2.28. The minimum atomic E-state index is -3.66. The van der Waals surface area contributed by atoms with Crippen LogP contribution < -0.4 is 15.2 Å². The normalized spacial score (nSPS) is 21.1. The average Bonchev–Trinajstić information content (AvgIpc) is 3.55. The minimum Gasteiger partial charge on any atom is -0.493 e. The van der Waals surface area contributed by atoms with Gasteiger partial charge >= 0.3 is 0 Å². The Hall–Kier alpha value is -2.40. The molecule has 11 heteroatoms. The SMILES string of the molecule is Cc1cc(S(=O)(=O)N2CC[C@H](COc3ccnc(CN)c3)C2)ccc1O[C@H]1c2cc(Cl)cc(Cl)c2C[C@@H]1N(C)C. The van der Waals surface area contributed by atoms with Crippen molar-refractivity contribution in [2.45, 2.75) is 43.4 Å². The quantitative estimate of drug-likeness (QED) is 0.373. The van der Waals surface area contributed by atoms with E-state index in [4.69, 9.17) is 38.4 Å². The monoisotopic (exact) mass is 604 g/mol. The Morgan fingerprint density at radius 2 is 1.95 bits per heavy atom. The van der Waals surface area contributed by atoms with Crippen LogP contribution in [0.25, 0.3) is 0 Å². The van der Waals surface area contributed by atoms with Gasteiger partial charge in [0.15, 0.2) is 0 Å². The maximum Gasteiger partial charge on any atom is 0.243 e. The third kappa shape index (κ3) is 5.95. The first kappa shape index (κ1) is 29.1. The number of benzene rings is 2. The molecular formula is C29H34Cl2N4O4S. The highest BCUT2D eigenvalue weighted by Gasteiger charge is 2.38. The van der Waals surface area contributed by atoms with E-state index in [0.29, 0.717) is 47.8 Å². The molecule has 2 aromatic carbocycles. The van der Waals surface area contributed by atoms with Gasteiger partial charge in [0.2, 0.25) is 10.0 Å². The lowest BCUT2D eigenvalue weighted by Crippen LogP contribution is -2.34. The predicted octanol–water partition coefficient (Wildman–Crippen LogP) is 4.85. The first-order valence-electron chi connectivity index (χ1n) is 13.3. The van der Waals surface area contributed by atoms with Crippen molar-refractivity contribution in [2.75, 3.05) is 33.8 Å². The number of ether oxygens (including phenoxy) is 2. The van der Waals surface area contributed by atoms with Crippen molar-refractivity contribution in [3.8, 4) is 11.5 Å². The van der Waals surface area contributed by atoms with Gasteiger partial charge in [-0.25, -0.2) is 8.42 Å². The molecule has 1 aliphatic carbocycles. The van der Waals surface area contributed by atoms with Gasteiger partial charge in [-0.15, -0.1) is 0 Å². The van der Waals surface area contributed by atoms with Gasteiger partial charge in [-0.1, -0.05) is 23.2 Å². The Balaban J connectivity index is 1.28. The van der Waals surface area contributed by atoms with Crippen molar-refractivity contribution >= 4 is 33.2 Å². The van der Waals surface area contributed by atoms with Gasteiger partial charge in [-0.05, 0) is 81.4 Å². The van der Waals surface area contributed by atoms with E-state index in [9.17, 15) is 8.42 Å². The van der Waals surface area contributed by atoms with Crippen molar-refractivity contribution in [1.29, 1.82) is 0 Å². The second-order valence-corrected chi connectivity index (χ2v) is 13.5. The smallest absolute Gasteiger partial charge is 0.243 e. The molecule has 0 spiro atoms. The zero-order valence-electron chi connectivity index (χ0n) is 22.8. The summed E-state index contributed by atoms with van der Waals surface area (Å²) in [5, 5.41) is 1.19. The zero-order valence-corrected chi connectivity index (χ0v) is 25.1. The Morgan fingerprint density at radius 3 is 2.67 bits per heavy atom. The number of nitrogens with two attached hydrogens (primary N) is 1. The summed E-state index contributed by atoms with van der Waals surface area (Å²) in [5.74, 6) is 1.41. The molecule has 3 aromatic rings. The van der Waals surface area contributed by atoms with Crippen molar-refractivity contribution in [3.63, 3.8) is 0 Å². The number of sulfonamides is 1. The summed E-state index contributed by atoms with van der Waals surface area (Å²) in [6.45, 7) is 3.48. The van der Waals surface area contributed by atoms with Gasteiger partial charge in [-0.3, -0.25) is 4.98 Å². The number of pyridine rings is 1. The number of hydrogen-bond donors (Lipinski definition) is 1. The van der Waals surface area contributed by atoms with E-state index in [1.165, 1.54) is 4.31 Å². The third-order valence-electron chi connectivity index (χ3n) is 7.70. The molecule has 8 nitrogen and oxygen atoms in total. The number of nitrogens with zero attached hydrogens (tertiary/aromatic N) is 3. The molecule has 3 atom stereocenters. The molecular weight excluding hydrogens is 571 g/mol. The van der Waals surface area contributed by atoms with Crippen LogP contribution in [0, 0.1) is 12.8 Å². The van der Waals surface area contributed by atoms with Crippen LogP contribution in [-0.2, 0) is 23.0 Å². The summed E-state index contributed by atoms with van der Waals surface area (Å²) < 4.78 is 41.0. The van der Waals surface area contributed by atoms with Gasteiger partial charge in [0.05, 0.1) is 23.2 Å². The fourth-order valence-electron chi connectivity index (χ4n) is 5.43. The largest absolute Gasteiger partial charge is 0.493 e. The first-order valence-corrected chi connectivity index (χ1v) is 15.5. The van der Waals surface area contributed by atoms with E-state index in [1.54, 1.807) is 36.5 Å². The molecule has 0 saturated carbocycles. The number of aromatic nitrogens is 1. The van der Waals surface area contributed by atoms with E-state index >= 15 is 0 Å². The summed E-state index contributed by atoms with van der Waals surface area (Å²) >= 11 is 12.8. The lowest BCUT2D eigenvalue weighted by atomic mass is 10.1. The van der Waals surface area contributed by atoms with Crippen LogP contribution in [0.5, 0.6) is 11.5 Å². The van der Waals surface area contributed by atoms with Gasteiger partial charge in [-0.2, -0.15) is 4.31 Å². The number of likely N-dealkylation sites (N-methyl/N-ethyl adjacent to an activating group) is 1. The van der Waals surface area contributed by atoms with Gasteiger partial charge in [0.25, 0.3) is 0 Å². The minimum absolute atomic E-state index is 0.0616. The molecule has 1 saturated heterocycles. The fourth-order valence-corrected chi connectivity index (χ4v) is 7.64. The van der Waals surface area contributed by atoms with Crippen molar-refractivity contribution in [3.05, 3.63) is 81.1 Å². The molecule has 0 amide bonds. The molecule has 0 unspecified atom stereocenters. The topological polar surface area (TPSA) is 98.0 Å². The number of hydrogen-bond acceptors (Lipinski definition) is 7. The number of halogens is 2. The number of fused-ring (bicyclic) bond motifs is 1. The van der Waals surface area contributed by atoms with E-state index in [2.05, 4.69) is 9.88 Å². The Labute approximate surface area is 246 Å². The van der Waals surface area contributed by atoms with Crippen molar-refractivity contribution in [2.24, 2.45) is 11.7 Å². The van der Waals surface area contributed by atoms with E-state index < -0.39 is 10.0 Å². The predicted molar refractivity (Wildman–Crippen MR) is 157 cm³/mol. The molecule has 1 aliphatic heterocycles. The second kappa shape index (κ2) is 11.8. The Kier molecular flexibility index (Phi) is 8.61. The standard InChI is InChI=1S/C29H34Cl2N4O4S/c1-18-10-23(40(36,37)35-9-7-19(16-35)17-38-22-6-8-33-21(13-22)15-32)4-5-28(18)39-29-25-11-20(30)12-26(31)24(25)14-27(29)34(2)3/h4-6,8,10-13,19,27,29H,7,9,14-17,32H2,1-3H3/t19-,27-,29-/m0/s1. The number of rotatable bonds is 9. The molecule has 2 aliphatic rings. The number of aryl methyl sites for hydroxylation is 1. The summed E-state index contributed by atoms with van der Waals surface area (Å²) in [6.07, 6.45) is 2.84. The maximum atomic E-state index is 13.5. The first-order chi connectivity index (χ1) is 19.1. The van der Waals surface area contributed by atoms with Crippen LogP contribution in [0.2, 0.25) is 10.0 Å². The van der Waals surface area contributed by atoms with Crippen LogP contribution in [0.15, 0.2) is 53.6 Å². The summed E-state index contributed by atoms with van der Waals surface area (Å²) in [6, 6.07) is 12.4. The molecule has 1 fully saturated rings. The lowest BCUT2D eigenvalue weighted by molar-refractivity contribution is 0.110. The maximum absolute atomic E-state index is 13.5. The summed E-state index contributed by atoms with van der Waals surface area (Å²) in [7, 11) is 0.352. The summed E-state index contributed by atoms with van der Waals surface area (Å²) in [4.78, 5) is 6.54. The highest BCUT2D eigenvalue weighted by Crippen LogP contribution is 2.42. The highest BCUT2D eigenvalue weighted by atomic mass is 35.5. The molecule has 1 aromatic heterocycles. The van der Waals surface area contributed by atoms with Crippen LogP contribution >= 0.6 is 23.2 Å². The van der Waals surface area contributed by atoms with Crippen LogP contribution in [0.3, 0.4) is 0 Å². The van der Waals surface area contributed by atoms with Crippen LogP contribution in [-0.4, -0.2) is 62.4 Å². The second-order valence-electron chi connectivity index (χ2n) is 10.7. The van der Waals surface area contributed by atoms with Gasteiger partial charge in [0, 0.05) is 53.4 Å². The van der Waals surface area contributed by atoms with Gasteiger partial charge in [0.1, 0.15) is 17.6 Å². The average molecular weight is 606 g/mol. The van der Waals surface area contributed by atoms with E-state index in [0.717, 1.165) is 35.2 Å². The molecule has 0 bridgehead atoms. The van der Waals surface area contributed by atoms with Crippen molar-refractivity contribution in [1.82, 2.24) is 14.2 Å². The third-order valence-corrected chi connectivity index (χ3v) is 10.1. The van der Waals surface area contributed by atoms with Crippen LogP contribution in [0.1, 0.15) is 34.9 Å². The molecule has 2 heterocycles. The molecule has 214 valence electrons. The Bertz CT molecular complexity index is 1500. The van der Waals surface area contributed by atoms with Gasteiger partial charge < -0.3 is 20.1 Å². The molecule has 5 rings (SSSR count). The fraction of sp³-hybridized carbons (Fsp3) is 0.414. The molecule has 2 N–H and O–H groups in total. The molecule has 0 radical (unpaired) electrons. The highest BCUT2D eigenvalue weighted by molar-refractivity contribution is 7.89. The van der Waals surface area contributed by atoms with E-state index in [1.807, 2.05) is 33.2 Å². The van der Waals surface area contributed by atoms with E-state index in [-0.39, 0.29) is 23.0 Å². The molecule has 40 heavy (non-hydrogen) atoms.